The van der Waals surface area contributed by atoms with E-state index >= 15 is 0 Å². The Morgan fingerprint density at radius 2 is 2.33 bits per heavy atom. The number of carbonyl (C=O) groups excluding carboxylic acids is 1. The number of nitrogens with zero attached hydrogens (tertiary/aromatic N) is 2. The SMILES string of the molecule is CCc1cc(CNC2CCN(C(=O)OC(C)(C)C)C2)on1. The predicted octanol–water partition coefficient (Wildman–Crippen LogP) is 2.34. The third-order valence-electron chi connectivity index (χ3n) is 3.37. The van der Waals surface area contributed by atoms with Gasteiger partial charge in [-0.05, 0) is 33.6 Å². The normalized spacial score (nSPS) is 19.0. The summed E-state index contributed by atoms with van der Waals surface area (Å²) in [6, 6.07) is 2.24. The van der Waals surface area contributed by atoms with Crippen molar-refractivity contribution in [3.05, 3.63) is 17.5 Å². The van der Waals surface area contributed by atoms with Gasteiger partial charge in [-0.1, -0.05) is 12.1 Å². The van der Waals surface area contributed by atoms with E-state index in [-0.39, 0.29) is 12.1 Å². The molecular weight excluding hydrogens is 270 g/mol. The van der Waals surface area contributed by atoms with Gasteiger partial charge in [0.15, 0.2) is 5.76 Å². The number of amides is 1. The quantitative estimate of drug-likeness (QED) is 0.923. The second kappa shape index (κ2) is 6.47. The number of hydrogen-bond donors (Lipinski definition) is 1. The molecule has 1 aromatic rings. The molecule has 21 heavy (non-hydrogen) atoms. The van der Waals surface area contributed by atoms with Crippen LogP contribution in [0.2, 0.25) is 0 Å². The van der Waals surface area contributed by atoms with Gasteiger partial charge in [0.1, 0.15) is 5.60 Å². The molecule has 0 bridgehead atoms. The van der Waals surface area contributed by atoms with Gasteiger partial charge >= 0.3 is 6.09 Å². The number of likely N-dealkylation sites (tertiary alicyclic amines) is 1. The molecule has 0 saturated carbocycles. The molecule has 1 saturated heterocycles. The highest BCUT2D eigenvalue weighted by Gasteiger charge is 2.29. The molecule has 1 unspecified atom stereocenters. The average molecular weight is 295 g/mol. The highest BCUT2D eigenvalue weighted by atomic mass is 16.6. The van der Waals surface area contributed by atoms with E-state index in [1.54, 1.807) is 4.90 Å². The molecule has 1 aromatic heterocycles. The Kier molecular flexibility index (Phi) is 4.88. The molecule has 1 aliphatic rings. The summed E-state index contributed by atoms with van der Waals surface area (Å²) in [4.78, 5) is 13.7. The molecule has 1 fully saturated rings. The van der Waals surface area contributed by atoms with Crippen LogP contribution in [-0.4, -0.2) is 40.9 Å². The van der Waals surface area contributed by atoms with Gasteiger partial charge in [0, 0.05) is 25.2 Å². The zero-order valence-electron chi connectivity index (χ0n) is 13.3. The Labute approximate surface area is 125 Å². The highest BCUT2D eigenvalue weighted by Crippen LogP contribution is 2.15. The van der Waals surface area contributed by atoms with Crippen LogP contribution in [0.1, 0.15) is 45.6 Å². The molecule has 6 nitrogen and oxygen atoms in total. The molecule has 1 N–H and O–H groups in total. The Bertz CT molecular complexity index is 479. The number of carbonyl (C=O) groups is 1. The van der Waals surface area contributed by atoms with Crippen molar-refractivity contribution in [3.63, 3.8) is 0 Å². The Morgan fingerprint density at radius 1 is 1.57 bits per heavy atom. The number of hydrogen-bond acceptors (Lipinski definition) is 5. The van der Waals surface area contributed by atoms with Crippen LogP contribution in [0.5, 0.6) is 0 Å². The summed E-state index contributed by atoms with van der Waals surface area (Å²) in [5.41, 5.74) is 0.521. The van der Waals surface area contributed by atoms with E-state index in [4.69, 9.17) is 9.26 Å². The van der Waals surface area contributed by atoms with Crippen LogP contribution in [0, 0.1) is 0 Å². The van der Waals surface area contributed by atoms with Gasteiger partial charge in [-0.15, -0.1) is 0 Å². The molecule has 1 amide bonds. The van der Waals surface area contributed by atoms with E-state index in [1.165, 1.54) is 0 Å². The monoisotopic (exact) mass is 295 g/mol. The average Bonchev–Trinajstić information content (AvgIpc) is 3.03. The highest BCUT2D eigenvalue weighted by molar-refractivity contribution is 5.68. The van der Waals surface area contributed by atoms with E-state index in [0.29, 0.717) is 13.1 Å². The van der Waals surface area contributed by atoms with E-state index in [0.717, 1.165) is 30.8 Å². The van der Waals surface area contributed by atoms with Crippen LogP contribution < -0.4 is 5.32 Å². The maximum Gasteiger partial charge on any atom is 0.410 e. The number of aromatic nitrogens is 1. The lowest BCUT2D eigenvalue weighted by atomic mass is 10.2. The zero-order chi connectivity index (χ0) is 15.5. The van der Waals surface area contributed by atoms with Gasteiger partial charge in [0.25, 0.3) is 0 Å². The van der Waals surface area contributed by atoms with E-state index < -0.39 is 5.60 Å². The van der Waals surface area contributed by atoms with Crippen molar-refractivity contribution in [2.24, 2.45) is 0 Å². The first kappa shape index (κ1) is 15.8. The first-order valence-electron chi connectivity index (χ1n) is 7.53. The second-order valence-corrected chi connectivity index (χ2v) is 6.43. The molecule has 118 valence electrons. The molecule has 0 aliphatic carbocycles. The van der Waals surface area contributed by atoms with Crippen molar-refractivity contribution in [3.8, 4) is 0 Å². The fourth-order valence-electron chi connectivity index (χ4n) is 2.27. The molecule has 1 aliphatic heterocycles. The lowest BCUT2D eigenvalue weighted by molar-refractivity contribution is 0.0291. The minimum absolute atomic E-state index is 0.236. The maximum atomic E-state index is 12.0. The van der Waals surface area contributed by atoms with Gasteiger partial charge in [0.2, 0.25) is 0 Å². The number of nitrogens with one attached hydrogen (secondary N) is 1. The Hall–Kier alpha value is -1.56. The van der Waals surface area contributed by atoms with E-state index in [2.05, 4.69) is 10.5 Å². The molecule has 0 aromatic carbocycles. The third-order valence-corrected chi connectivity index (χ3v) is 3.37. The molecule has 6 heteroatoms. The number of aryl methyl sites for hydroxylation is 1. The lowest BCUT2D eigenvalue weighted by Crippen LogP contribution is -2.38. The van der Waals surface area contributed by atoms with Crippen molar-refractivity contribution in [2.75, 3.05) is 13.1 Å². The van der Waals surface area contributed by atoms with Gasteiger partial charge in [0.05, 0.1) is 12.2 Å². The van der Waals surface area contributed by atoms with Crippen LogP contribution in [0.3, 0.4) is 0 Å². The summed E-state index contributed by atoms with van der Waals surface area (Å²) in [6.07, 6.45) is 1.56. The molecule has 0 radical (unpaired) electrons. The molecule has 2 heterocycles. The van der Waals surface area contributed by atoms with Crippen molar-refractivity contribution in [1.82, 2.24) is 15.4 Å². The molecule has 1 atom stereocenters. The van der Waals surface area contributed by atoms with Crippen molar-refractivity contribution in [2.45, 2.75) is 58.7 Å². The summed E-state index contributed by atoms with van der Waals surface area (Å²) in [5.74, 6) is 0.836. The van der Waals surface area contributed by atoms with E-state index in [9.17, 15) is 4.79 Å². The predicted molar refractivity (Wildman–Crippen MR) is 78.9 cm³/mol. The second-order valence-electron chi connectivity index (χ2n) is 6.43. The van der Waals surface area contributed by atoms with E-state index in [1.807, 2.05) is 33.8 Å². The minimum Gasteiger partial charge on any atom is -0.444 e. The van der Waals surface area contributed by atoms with Gasteiger partial charge in [-0.25, -0.2) is 4.79 Å². The van der Waals surface area contributed by atoms with Crippen LogP contribution in [0.15, 0.2) is 10.6 Å². The first-order valence-corrected chi connectivity index (χ1v) is 7.53. The summed E-state index contributed by atoms with van der Waals surface area (Å²) in [7, 11) is 0. The van der Waals surface area contributed by atoms with Crippen molar-refractivity contribution in [1.29, 1.82) is 0 Å². The van der Waals surface area contributed by atoms with Crippen LogP contribution in [-0.2, 0) is 17.7 Å². The zero-order valence-corrected chi connectivity index (χ0v) is 13.3. The smallest absolute Gasteiger partial charge is 0.410 e. The third kappa shape index (κ3) is 4.74. The van der Waals surface area contributed by atoms with Crippen LogP contribution in [0.25, 0.3) is 0 Å². The summed E-state index contributed by atoms with van der Waals surface area (Å²) >= 11 is 0. The largest absolute Gasteiger partial charge is 0.444 e. The fourth-order valence-corrected chi connectivity index (χ4v) is 2.27. The number of rotatable bonds is 4. The minimum atomic E-state index is -0.445. The fraction of sp³-hybridized carbons (Fsp3) is 0.733. The lowest BCUT2D eigenvalue weighted by Gasteiger charge is -2.24. The first-order chi connectivity index (χ1) is 9.87. The number of ether oxygens (including phenoxy) is 1. The van der Waals surface area contributed by atoms with Gasteiger partial charge < -0.3 is 19.5 Å². The van der Waals surface area contributed by atoms with Crippen LogP contribution >= 0.6 is 0 Å². The maximum absolute atomic E-state index is 12.0. The standard InChI is InChI=1S/C15H25N3O3/c1-5-11-8-13(21-17-11)9-16-12-6-7-18(10-12)14(19)20-15(2,3)4/h8,12,16H,5-7,9-10H2,1-4H3. The van der Waals surface area contributed by atoms with Gasteiger partial charge in [-0.3, -0.25) is 0 Å². The molecule has 0 spiro atoms. The Balaban J connectivity index is 1.76. The van der Waals surface area contributed by atoms with Crippen molar-refractivity contribution >= 4 is 6.09 Å². The summed E-state index contributed by atoms with van der Waals surface area (Å²) in [5, 5.41) is 7.36. The van der Waals surface area contributed by atoms with Gasteiger partial charge in [-0.2, -0.15) is 0 Å². The van der Waals surface area contributed by atoms with Crippen molar-refractivity contribution < 1.29 is 14.1 Å². The Morgan fingerprint density at radius 3 is 2.95 bits per heavy atom. The van der Waals surface area contributed by atoms with Crippen LogP contribution in [0.4, 0.5) is 4.79 Å². The topological polar surface area (TPSA) is 67.6 Å². The summed E-state index contributed by atoms with van der Waals surface area (Å²) < 4.78 is 10.6. The molecule has 2 rings (SSSR count). The molecular formula is C15H25N3O3. The summed E-state index contributed by atoms with van der Waals surface area (Å²) in [6.45, 7) is 9.72.